The van der Waals surface area contributed by atoms with Gasteiger partial charge in [-0.05, 0) is 44.5 Å². The van der Waals surface area contributed by atoms with Gasteiger partial charge in [-0.15, -0.1) is 0 Å². The van der Waals surface area contributed by atoms with Crippen LogP contribution in [0.4, 0.5) is 10.5 Å². The van der Waals surface area contributed by atoms with Crippen LogP contribution in [0.5, 0.6) is 5.75 Å². The standard InChI is InChI=1S/C19H22N2O3/c1-4-8-20-19(23)21-16-6-5-7-17(12-16)24-18(22)15-10-13(2)9-14(3)11-15/h5-7,9-12H,4,8H2,1-3H3,(H2,20,21,23). The maximum absolute atomic E-state index is 12.3. The molecule has 0 aliphatic rings. The summed E-state index contributed by atoms with van der Waals surface area (Å²) in [6.45, 7) is 6.45. The molecule has 5 heteroatoms. The highest BCUT2D eigenvalue weighted by Gasteiger charge is 2.10. The van der Waals surface area contributed by atoms with Gasteiger partial charge in [-0.2, -0.15) is 0 Å². The van der Waals surface area contributed by atoms with Crippen LogP contribution in [0.15, 0.2) is 42.5 Å². The predicted molar refractivity (Wildman–Crippen MR) is 94.6 cm³/mol. The van der Waals surface area contributed by atoms with Gasteiger partial charge < -0.3 is 15.4 Å². The molecule has 0 aliphatic heterocycles. The van der Waals surface area contributed by atoms with E-state index in [0.29, 0.717) is 23.5 Å². The average molecular weight is 326 g/mol. The number of carbonyl (C=O) groups is 2. The Morgan fingerprint density at radius 2 is 1.75 bits per heavy atom. The molecule has 0 spiro atoms. The van der Waals surface area contributed by atoms with Crippen molar-refractivity contribution >= 4 is 17.7 Å². The Hall–Kier alpha value is -2.82. The lowest BCUT2D eigenvalue weighted by molar-refractivity contribution is 0.0734. The third kappa shape index (κ3) is 5.12. The molecule has 0 saturated heterocycles. The van der Waals surface area contributed by atoms with Crippen LogP contribution in [0, 0.1) is 13.8 Å². The van der Waals surface area contributed by atoms with Crippen LogP contribution in [0.1, 0.15) is 34.8 Å². The van der Waals surface area contributed by atoms with E-state index in [0.717, 1.165) is 17.5 Å². The second-order valence-electron chi connectivity index (χ2n) is 5.67. The Balaban J connectivity index is 2.06. The van der Waals surface area contributed by atoms with Gasteiger partial charge in [0.25, 0.3) is 0 Å². The van der Waals surface area contributed by atoms with E-state index in [-0.39, 0.29) is 6.03 Å². The first kappa shape index (κ1) is 17.5. The van der Waals surface area contributed by atoms with Gasteiger partial charge in [0.2, 0.25) is 0 Å². The Kier molecular flexibility index (Phi) is 5.95. The highest BCUT2D eigenvalue weighted by atomic mass is 16.5. The Morgan fingerprint density at radius 3 is 2.42 bits per heavy atom. The van der Waals surface area contributed by atoms with Gasteiger partial charge in [-0.1, -0.05) is 30.2 Å². The summed E-state index contributed by atoms with van der Waals surface area (Å²) in [7, 11) is 0. The van der Waals surface area contributed by atoms with Crippen LogP contribution in [-0.2, 0) is 0 Å². The Bertz CT molecular complexity index is 721. The number of amides is 2. The molecule has 2 N–H and O–H groups in total. The number of esters is 1. The van der Waals surface area contributed by atoms with Gasteiger partial charge in [0.05, 0.1) is 5.56 Å². The molecule has 0 heterocycles. The second-order valence-corrected chi connectivity index (χ2v) is 5.67. The first-order chi connectivity index (χ1) is 11.5. The van der Waals surface area contributed by atoms with Crippen LogP contribution in [0.3, 0.4) is 0 Å². The molecule has 2 aromatic carbocycles. The molecule has 2 rings (SSSR count). The van der Waals surface area contributed by atoms with Crippen molar-refractivity contribution in [3.8, 4) is 5.75 Å². The zero-order valence-corrected chi connectivity index (χ0v) is 14.2. The van der Waals surface area contributed by atoms with Crippen LogP contribution in [-0.4, -0.2) is 18.5 Å². The third-order valence-corrected chi connectivity index (χ3v) is 3.30. The minimum Gasteiger partial charge on any atom is -0.423 e. The Labute approximate surface area is 142 Å². The summed E-state index contributed by atoms with van der Waals surface area (Å²) >= 11 is 0. The lowest BCUT2D eigenvalue weighted by atomic mass is 10.1. The number of benzene rings is 2. The quantitative estimate of drug-likeness (QED) is 0.643. The topological polar surface area (TPSA) is 67.4 Å². The molecule has 0 fully saturated rings. The minimum absolute atomic E-state index is 0.283. The van der Waals surface area contributed by atoms with Crippen LogP contribution in [0.2, 0.25) is 0 Å². The molecule has 0 atom stereocenters. The lowest BCUT2D eigenvalue weighted by Gasteiger charge is -2.09. The molecule has 24 heavy (non-hydrogen) atoms. The van der Waals surface area contributed by atoms with Crippen LogP contribution >= 0.6 is 0 Å². The number of carbonyl (C=O) groups excluding carboxylic acids is 2. The molecular formula is C19H22N2O3. The smallest absolute Gasteiger partial charge is 0.343 e. The number of ether oxygens (including phenoxy) is 1. The van der Waals surface area contributed by atoms with E-state index in [1.54, 1.807) is 36.4 Å². The second kappa shape index (κ2) is 8.15. The largest absolute Gasteiger partial charge is 0.423 e. The fourth-order valence-corrected chi connectivity index (χ4v) is 2.31. The van der Waals surface area contributed by atoms with Crippen LogP contribution in [0.25, 0.3) is 0 Å². The number of anilines is 1. The number of hydrogen-bond donors (Lipinski definition) is 2. The molecule has 0 bridgehead atoms. The third-order valence-electron chi connectivity index (χ3n) is 3.30. The highest BCUT2D eigenvalue weighted by Crippen LogP contribution is 2.19. The summed E-state index contributed by atoms with van der Waals surface area (Å²) in [6.07, 6.45) is 0.862. The first-order valence-electron chi connectivity index (χ1n) is 7.93. The average Bonchev–Trinajstić information content (AvgIpc) is 2.52. The number of aryl methyl sites for hydroxylation is 2. The predicted octanol–water partition coefficient (Wildman–Crippen LogP) is 4.05. The van der Waals surface area contributed by atoms with Gasteiger partial charge >= 0.3 is 12.0 Å². The van der Waals surface area contributed by atoms with E-state index < -0.39 is 5.97 Å². The maximum Gasteiger partial charge on any atom is 0.343 e. The normalized spacial score (nSPS) is 10.1. The molecule has 5 nitrogen and oxygen atoms in total. The van der Waals surface area contributed by atoms with Gasteiger partial charge in [-0.25, -0.2) is 9.59 Å². The van der Waals surface area contributed by atoms with E-state index in [9.17, 15) is 9.59 Å². The summed E-state index contributed by atoms with van der Waals surface area (Å²) in [6, 6.07) is 12.0. The van der Waals surface area contributed by atoms with Crippen molar-refractivity contribution in [1.82, 2.24) is 5.32 Å². The molecule has 0 radical (unpaired) electrons. The highest BCUT2D eigenvalue weighted by molar-refractivity contribution is 5.92. The first-order valence-corrected chi connectivity index (χ1v) is 7.93. The minimum atomic E-state index is -0.422. The van der Waals surface area contributed by atoms with E-state index >= 15 is 0 Å². The zero-order valence-electron chi connectivity index (χ0n) is 14.2. The molecule has 0 saturated carbocycles. The molecule has 2 amide bonds. The molecular weight excluding hydrogens is 304 g/mol. The SMILES string of the molecule is CCCNC(=O)Nc1cccc(OC(=O)c2cc(C)cc(C)c2)c1. The van der Waals surface area contributed by atoms with Crippen molar-refractivity contribution in [3.05, 3.63) is 59.2 Å². The van der Waals surface area contributed by atoms with Gasteiger partial charge in [-0.3, -0.25) is 0 Å². The Morgan fingerprint density at radius 1 is 1.04 bits per heavy atom. The fraction of sp³-hybridized carbons (Fsp3) is 0.263. The summed E-state index contributed by atoms with van der Waals surface area (Å²) < 4.78 is 5.40. The monoisotopic (exact) mass is 326 g/mol. The van der Waals surface area contributed by atoms with E-state index in [4.69, 9.17) is 4.74 Å². The van der Waals surface area contributed by atoms with Gasteiger partial charge in [0.15, 0.2) is 0 Å². The zero-order chi connectivity index (χ0) is 17.5. The van der Waals surface area contributed by atoms with Crippen molar-refractivity contribution < 1.29 is 14.3 Å². The van der Waals surface area contributed by atoms with Gasteiger partial charge in [0, 0.05) is 18.3 Å². The van der Waals surface area contributed by atoms with Crippen molar-refractivity contribution in [1.29, 1.82) is 0 Å². The number of rotatable bonds is 5. The summed E-state index contributed by atoms with van der Waals surface area (Å²) in [5.41, 5.74) is 3.08. The molecule has 0 aromatic heterocycles. The van der Waals surface area contributed by atoms with E-state index in [1.807, 2.05) is 26.8 Å². The fourth-order valence-electron chi connectivity index (χ4n) is 2.31. The summed E-state index contributed by atoms with van der Waals surface area (Å²) in [5.74, 6) is -0.0400. The van der Waals surface area contributed by atoms with E-state index in [1.165, 1.54) is 0 Å². The number of urea groups is 1. The van der Waals surface area contributed by atoms with Crippen LogP contribution < -0.4 is 15.4 Å². The van der Waals surface area contributed by atoms with Crippen molar-refractivity contribution in [3.63, 3.8) is 0 Å². The maximum atomic E-state index is 12.3. The summed E-state index contributed by atoms with van der Waals surface area (Å²) in [4.78, 5) is 23.9. The summed E-state index contributed by atoms with van der Waals surface area (Å²) in [5, 5.41) is 5.43. The molecule has 2 aromatic rings. The number of nitrogens with one attached hydrogen (secondary N) is 2. The molecule has 0 unspecified atom stereocenters. The molecule has 126 valence electrons. The van der Waals surface area contributed by atoms with E-state index in [2.05, 4.69) is 10.6 Å². The lowest BCUT2D eigenvalue weighted by Crippen LogP contribution is -2.29. The van der Waals surface area contributed by atoms with Gasteiger partial charge in [0.1, 0.15) is 5.75 Å². The van der Waals surface area contributed by atoms with Crippen molar-refractivity contribution in [2.24, 2.45) is 0 Å². The van der Waals surface area contributed by atoms with Crippen molar-refractivity contribution in [2.45, 2.75) is 27.2 Å². The van der Waals surface area contributed by atoms with Crippen molar-refractivity contribution in [2.75, 3.05) is 11.9 Å². The molecule has 0 aliphatic carbocycles. The number of hydrogen-bond acceptors (Lipinski definition) is 3.